The van der Waals surface area contributed by atoms with E-state index >= 15 is 0 Å². The molecule has 2 atom stereocenters. The standard InChI is InChI=1S/C16H26FN3/c1-12-6-8-20(9-7-12)11-13(2)16(18-3)15-5-4-14(17)10-19-15/h4-5,10,12-13,16,18H,6-9,11H2,1-3H3. The summed E-state index contributed by atoms with van der Waals surface area (Å²) in [6.07, 6.45) is 3.90. The SMILES string of the molecule is CNC(c1ccc(F)cn1)C(C)CN1CCC(C)CC1. The van der Waals surface area contributed by atoms with Crippen LogP contribution in [0.3, 0.4) is 0 Å². The van der Waals surface area contributed by atoms with Gasteiger partial charge in [-0.25, -0.2) is 4.39 Å². The van der Waals surface area contributed by atoms with E-state index in [4.69, 9.17) is 0 Å². The molecule has 0 amide bonds. The van der Waals surface area contributed by atoms with Crippen LogP contribution in [0.4, 0.5) is 4.39 Å². The molecule has 0 spiro atoms. The smallest absolute Gasteiger partial charge is 0.141 e. The van der Waals surface area contributed by atoms with Gasteiger partial charge in [0.25, 0.3) is 0 Å². The number of hydrogen-bond acceptors (Lipinski definition) is 3. The Kier molecular flexibility index (Phi) is 5.49. The zero-order valence-electron chi connectivity index (χ0n) is 12.8. The maximum absolute atomic E-state index is 13.0. The van der Waals surface area contributed by atoms with Gasteiger partial charge in [-0.1, -0.05) is 13.8 Å². The molecule has 2 heterocycles. The van der Waals surface area contributed by atoms with Crippen molar-refractivity contribution >= 4 is 0 Å². The van der Waals surface area contributed by atoms with Crippen LogP contribution in [-0.2, 0) is 0 Å². The zero-order chi connectivity index (χ0) is 14.5. The van der Waals surface area contributed by atoms with Crippen molar-refractivity contribution in [3.8, 4) is 0 Å². The first-order valence-electron chi connectivity index (χ1n) is 7.61. The molecule has 20 heavy (non-hydrogen) atoms. The van der Waals surface area contributed by atoms with Gasteiger partial charge in [0.05, 0.1) is 17.9 Å². The molecule has 0 radical (unpaired) electrons. The Morgan fingerprint density at radius 1 is 1.40 bits per heavy atom. The molecule has 1 saturated heterocycles. The third-order valence-corrected chi connectivity index (χ3v) is 4.37. The number of pyridine rings is 1. The summed E-state index contributed by atoms with van der Waals surface area (Å²) in [6.45, 7) is 8.03. The zero-order valence-corrected chi connectivity index (χ0v) is 12.8. The van der Waals surface area contributed by atoms with Crippen LogP contribution in [0, 0.1) is 17.7 Å². The highest BCUT2D eigenvalue weighted by Crippen LogP contribution is 2.23. The molecule has 1 aliphatic heterocycles. The topological polar surface area (TPSA) is 28.2 Å². The number of hydrogen-bond donors (Lipinski definition) is 1. The molecule has 1 aromatic heterocycles. The van der Waals surface area contributed by atoms with Crippen molar-refractivity contribution in [3.63, 3.8) is 0 Å². The molecule has 0 bridgehead atoms. The summed E-state index contributed by atoms with van der Waals surface area (Å²) in [5.41, 5.74) is 0.923. The van der Waals surface area contributed by atoms with Crippen molar-refractivity contribution in [1.82, 2.24) is 15.2 Å². The molecule has 112 valence electrons. The van der Waals surface area contributed by atoms with E-state index in [-0.39, 0.29) is 11.9 Å². The Morgan fingerprint density at radius 3 is 2.65 bits per heavy atom. The van der Waals surface area contributed by atoms with Crippen LogP contribution in [0.5, 0.6) is 0 Å². The van der Waals surface area contributed by atoms with Crippen LogP contribution in [-0.4, -0.2) is 36.6 Å². The summed E-state index contributed by atoms with van der Waals surface area (Å²) >= 11 is 0. The van der Waals surface area contributed by atoms with E-state index in [1.807, 2.05) is 7.05 Å². The van der Waals surface area contributed by atoms with Crippen molar-refractivity contribution in [1.29, 1.82) is 0 Å². The van der Waals surface area contributed by atoms with Crippen molar-refractivity contribution in [2.45, 2.75) is 32.7 Å². The summed E-state index contributed by atoms with van der Waals surface area (Å²) in [6, 6.07) is 3.45. The van der Waals surface area contributed by atoms with Crippen molar-refractivity contribution < 1.29 is 4.39 Å². The van der Waals surface area contributed by atoms with E-state index in [1.54, 1.807) is 6.07 Å². The molecule has 1 N–H and O–H groups in total. The maximum atomic E-state index is 13.0. The van der Waals surface area contributed by atoms with Gasteiger partial charge >= 0.3 is 0 Å². The van der Waals surface area contributed by atoms with E-state index < -0.39 is 0 Å². The maximum Gasteiger partial charge on any atom is 0.141 e. The van der Waals surface area contributed by atoms with Crippen LogP contribution in [0.15, 0.2) is 18.3 Å². The van der Waals surface area contributed by atoms with Gasteiger partial charge in [0.15, 0.2) is 0 Å². The number of nitrogens with zero attached hydrogens (tertiary/aromatic N) is 2. The van der Waals surface area contributed by atoms with E-state index in [0.29, 0.717) is 5.92 Å². The number of nitrogens with one attached hydrogen (secondary N) is 1. The number of rotatable bonds is 5. The molecular formula is C16H26FN3. The minimum atomic E-state index is -0.277. The minimum Gasteiger partial charge on any atom is -0.311 e. The quantitative estimate of drug-likeness (QED) is 0.898. The highest BCUT2D eigenvalue weighted by atomic mass is 19.1. The van der Waals surface area contributed by atoms with Crippen LogP contribution in [0.2, 0.25) is 0 Å². The van der Waals surface area contributed by atoms with Gasteiger partial charge in [-0.2, -0.15) is 0 Å². The fourth-order valence-corrected chi connectivity index (χ4v) is 3.05. The third-order valence-electron chi connectivity index (χ3n) is 4.37. The van der Waals surface area contributed by atoms with Crippen LogP contribution in [0.1, 0.15) is 38.4 Å². The number of likely N-dealkylation sites (tertiary alicyclic amines) is 1. The Morgan fingerprint density at radius 2 is 2.10 bits per heavy atom. The average molecular weight is 279 g/mol. The molecule has 1 aromatic rings. The lowest BCUT2D eigenvalue weighted by Crippen LogP contribution is -2.39. The Bertz CT molecular complexity index is 399. The largest absolute Gasteiger partial charge is 0.311 e. The number of aromatic nitrogens is 1. The molecule has 0 aromatic carbocycles. The summed E-state index contributed by atoms with van der Waals surface area (Å²) in [4.78, 5) is 6.76. The third kappa shape index (κ3) is 4.00. The Labute approximate surface area is 121 Å². The molecule has 0 aliphatic carbocycles. The summed E-state index contributed by atoms with van der Waals surface area (Å²) in [5, 5.41) is 3.32. The molecule has 2 unspecified atom stereocenters. The average Bonchev–Trinajstić information content (AvgIpc) is 2.44. The van der Waals surface area contributed by atoms with Gasteiger partial charge in [-0.15, -0.1) is 0 Å². The van der Waals surface area contributed by atoms with Crippen molar-refractivity contribution in [3.05, 3.63) is 29.8 Å². The van der Waals surface area contributed by atoms with Crippen LogP contribution < -0.4 is 5.32 Å². The lowest BCUT2D eigenvalue weighted by Gasteiger charge is -2.34. The monoisotopic (exact) mass is 279 g/mol. The first-order chi connectivity index (χ1) is 9.60. The van der Waals surface area contributed by atoms with Gasteiger partial charge in [0.2, 0.25) is 0 Å². The molecule has 4 heteroatoms. The second-order valence-corrected chi connectivity index (χ2v) is 6.13. The lowest BCUT2D eigenvalue weighted by atomic mass is 9.94. The normalized spacial score (nSPS) is 20.8. The van der Waals surface area contributed by atoms with Crippen LogP contribution in [0.25, 0.3) is 0 Å². The fraction of sp³-hybridized carbons (Fsp3) is 0.688. The molecular weight excluding hydrogens is 253 g/mol. The van der Waals surface area contributed by atoms with Gasteiger partial charge in [-0.05, 0) is 56.9 Å². The van der Waals surface area contributed by atoms with Crippen molar-refractivity contribution in [2.75, 3.05) is 26.7 Å². The first-order valence-corrected chi connectivity index (χ1v) is 7.61. The number of piperidine rings is 1. The van der Waals surface area contributed by atoms with Gasteiger partial charge in [-0.3, -0.25) is 4.98 Å². The molecule has 1 fully saturated rings. The fourth-order valence-electron chi connectivity index (χ4n) is 3.05. The molecule has 0 saturated carbocycles. The van der Waals surface area contributed by atoms with Crippen molar-refractivity contribution in [2.24, 2.45) is 11.8 Å². The van der Waals surface area contributed by atoms with Gasteiger partial charge < -0.3 is 10.2 Å². The van der Waals surface area contributed by atoms with E-state index in [9.17, 15) is 4.39 Å². The Hall–Kier alpha value is -1.00. The molecule has 3 nitrogen and oxygen atoms in total. The first kappa shape index (κ1) is 15.4. The van der Waals surface area contributed by atoms with Gasteiger partial charge in [0.1, 0.15) is 5.82 Å². The summed E-state index contributed by atoms with van der Waals surface area (Å²) in [5.74, 6) is 1.04. The second-order valence-electron chi connectivity index (χ2n) is 6.13. The van der Waals surface area contributed by atoms with E-state index in [1.165, 1.54) is 38.2 Å². The van der Waals surface area contributed by atoms with Gasteiger partial charge in [0, 0.05) is 6.54 Å². The molecule has 2 rings (SSSR count). The van der Waals surface area contributed by atoms with E-state index in [0.717, 1.165) is 18.2 Å². The Balaban J connectivity index is 1.95. The summed E-state index contributed by atoms with van der Waals surface area (Å²) < 4.78 is 13.0. The summed E-state index contributed by atoms with van der Waals surface area (Å²) in [7, 11) is 1.95. The minimum absolute atomic E-state index is 0.176. The predicted octanol–water partition coefficient (Wildman–Crippen LogP) is 2.85. The molecule has 1 aliphatic rings. The van der Waals surface area contributed by atoms with E-state index in [2.05, 4.69) is 29.0 Å². The van der Waals surface area contributed by atoms with Crippen LogP contribution >= 0.6 is 0 Å². The second kappa shape index (κ2) is 7.14. The predicted molar refractivity (Wildman–Crippen MR) is 80.0 cm³/mol. The highest BCUT2D eigenvalue weighted by Gasteiger charge is 2.23. The number of halogens is 1. The lowest BCUT2D eigenvalue weighted by molar-refractivity contribution is 0.157. The highest BCUT2D eigenvalue weighted by molar-refractivity contribution is 5.11.